The first kappa shape index (κ1) is 21.1. The zero-order chi connectivity index (χ0) is 21.9. The van der Waals surface area contributed by atoms with Crippen molar-refractivity contribution < 1.29 is 22.8 Å². The first-order valence-corrected chi connectivity index (χ1v) is 8.66. The fraction of sp³-hybridized carbons (Fsp3) is 0.111. The van der Waals surface area contributed by atoms with Crippen LogP contribution in [-0.2, 0) is 0 Å². The van der Waals surface area contributed by atoms with Gasteiger partial charge in [0.25, 0.3) is 5.69 Å². The lowest BCUT2D eigenvalue weighted by Crippen LogP contribution is -2.17. The zero-order valence-corrected chi connectivity index (χ0v) is 16.0. The van der Waals surface area contributed by atoms with E-state index in [2.05, 4.69) is 25.3 Å². The molecule has 8 nitrogen and oxygen atoms in total. The highest BCUT2D eigenvalue weighted by Gasteiger charge is 2.31. The summed E-state index contributed by atoms with van der Waals surface area (Å²) in [4.78, 5) is 19.1. The van der Waals surface area contributed by atoms with Crippen LogP contribution in [0.3, 0.4) is 0 Å². The maximum absolute atomic E-state index is 12.5. The van der Waals surface area contributed by atoms with E-state index in [-0.39, 0.29) is 33.9 Å². The highest BCUT2D eigenvalue weighted by molar-refractivity contribution is 6.31. The van der Waals surface area contributed by atoms with Gasteiger partial charge in [-0.2, -0.15) is 4.98 Å². The lowest BCUT2D eigenvalue weighted by atomic mass is 10.1. The molecule has 1 heterocycles. The van der Waals surface area contributed by atoms with E-state index in [4.69, 9.17) is 11.6 Å². The van der Waals surface area contributed by atoms with Crippen LogP contribution in [0.1, 0.15) is 0 Å². The molecule has 12 heteroatoms. The smallest absolute Gasteiger partial charge is 0.406 e. The molecule has 2 N–H and O–H groups in total. The van der Waals surface area contributed by atoms with Crippen molar-refractivity contribution >= 4 is 34.7 Å². The molecular weight excluding hydrogens is 427 g/mol. The van der Waals surface area contributed by atoms with Crippen LogP contribution >= 0.6 is 11.6 Å². The second-order valence-corrected chi connectivity index (χ2v) is 6.27. The highest BCUT2D eigenvalue weighted by atomic mass is 35.5. The van der Waals surface area contributed by atoms with Crippen molar-refractivity contribution in [1.82, 2.24) is 9.97 Å². The van der Waals surface area contributed by atoms with Gasteiger partial charge in [0, 0.05) is 29.8 Å². The molecule has 156 valence electrons. The molecule has 1 aromatic heterocycles. The van der Waals surface area contributed by atoms with E-state index in [1.165, 1.54) is 42.5 Å². The number of ether oxygens (including phenoxy) is 1. The Morgan fingerprint density at radius 1 is 1.13 bits per heavy atom. The van der Waals surface area contributed by atoms with Gasteiger partial charge in [0.05, 0.1) is 10.6 Å². The molecule has 0 unspecified atom stereocenters. The van der Waals surface area contributed by atoms with E-state index in [0.29, 0.717) is 5.56 Å². The van der Waals surface area contributed by atoms with E-state index < -0.39 is 17.0 Å². The van der Waals surface area contributed by atoms with Crippen LogP contribution in [0.15, 0.2) is 48.5 Å². The summed E-state index contributed by atoms with van der Waals surface area (Å²) in [7, 11) is 1.55. The molecule has 2 aromatic carbocycles. The fourth-order valence-electron chi connectivity index (χ4n) is 2.53. The van der Waals surface area contributed by atoms with E-state index >= 15 is 0 Å². The van der Waals surface area contributed by atoms with Crippen molar-refractivity contribution in [2.24, 2.45) is 0 Å². The number of hydrogen-bond acceptors (Lipinski definition) is 7. The number of nitro benzene ring substituents is 1. The predicted octanol–water partition coefficient (Wildman–Crippen LogP) is 5.39. The molecule has 0 saturated heterocycles. The van der Waals surface area contributed by atoms with Crippen molar-refractivity contribution in [2.45, 2.75) is 6.36 Å². The molecule has 0 amide bonds. The molecule has 0 aliphatic carbocycles. The Kier molecular flexibility index (Phi) is 5.92. The SMILES string of the molecule is CNc1nc(Nc2cc(Cl)ccc2[N+](=O)[O-])cc(-c2cccc(OC(F)(F)F)c2)n1. The molecule has 0 spiro atoms. The number of nitrogens with one attached hydrogen (secondary N) is 2. The summed E-state index contributed by atoms with van der Waals surface area (Å²) in [6.45, 7) is 0. The lowest BCUT2D eigenvalue weighted by molar-refractivity contribution is -0.383. The van der Waals surface area contributed by atoms with Gasteiger partial charge in [0.2, 0.25) is 5.95 Å². The van der Waals surface area contributed by atoms with Gasteiger partial charge in [0.1, 0.15) is 17.3 Å². The van der Waals surface area contributed by atoms with E-state index in [0.717, 1.165) is 6.07 Å². The summed E-state index contributed by atoms with van der Waals surface area (Å²) < 4.78 is 41.4. The summed E-state index contributed by atoms with van der Waals surface area (Å²) in [5.41, 5.74) is 0.438. The van der Waals surface area contributed by atoms with Crippen LogP contribution in [0.2, 0.25) is 5.02 Å². The van der Waals surface area contributed by atoms with Crippen LogP contribution in [0.25, 0.3) is 11.3 Å². The number of aromatic nitrogens is 2. The number of rotatable bonds is 6. The van der Waals surface area contributed by atoms with Crippen LogP contribution in [0.4, 0.5) is 36.3 Å². The summed E-state index contributed by atoms with van der Waals surface area (Å²) >= 11 is 5.93. The number of hydrogen-bond donors (Lipinski definition) is 2. The molecule has 3 rings (SSSR count). The minimum absolute atomic E-state index is 0.0911. The van der Waals surface area contributed by atoms with Gasteiger partial charge in [-0.15, -0.1) is 13.2 Å². The van der Waals surface area contributed by atoms with Crippen molar-refractivity contribution in [3.05, 3.63) is 63.7 Å². The molecule has 0 fully saturated rings. The number of nitro groups is 1. The largest absolute Gasteiger partial charge is 0.573 e. The second-order valence-electron chi connectivity index (χ2n) is 5.83. The Balaban J connectivity index is 2.01. The van der Waals surface area contributed by atoms with Gasteiger partial charge < -0.3 is 15.4 Å². The van der Waals surface area contributed by atoms with Crippen molar-refractivity contribution in [2.75, 3.05) is 17.7 Å². The quantitative estimate of drug-likeness (QED) is 0.392. The van der Waals surface area contributed by atoms with Crippen molar-refractivity contribution in [3.8, 4) is 17.0 Å². The summed E-state index contributed by atoms with van der Waals surface area (Å²) in [5, 5.41) is 17.1. The molecule has 0 aliphatic rings. The topological polar surface area (TPSA) is 102 Å². The van der Waals surface area contributed by atoms with E-state index in [9.17, 15) is 23.3 Å². The number of benzene rings is 2. The minimum atomic E-state index is -4.83. The average Bonchev–Trinajstić information content (AvgIpc) is 2.66. The van der Waals surface area contributed by atoms with Crippen molar-refractivity contribution in [3.63, 3.8) is 0 Å². The highest BCUT2D eigenvalue weighted by Crippen LogP contribution is 2.32. The Morgan fingerprint density at radius 3 is 2.57 bits per heavy atom. The average molecular weight is 440 g/mol. The Bertz CT molecular complexity index is 1090. The minimum Gasteiger partial charge on any atom is -0.406 e. The molecule has 30 heavy (non-hydrogen) atoms. The van der Waals surface area contributed by atoms with Gasteiger partial charge in [0.15, 0.2) is 0 Å². The van der Waals surface area contributed by atoms with Gasteiger partial charge in [-0.25, -0.2) is 4.98 Å². The van der Waals surface area contributed by atoms with Gasteiger partial charge in [-0.3, -0.25) is 10.1 Å². The third-order valence-electron chi connectivity index (χ3n) is 3.73. The second kappa shape index (κ2) is 8.41. The summed E-state index contributed by atoms with van der Waals surface area (Å²) in [5.74, 6) is -0.108. The first-order chi connectivity index (χ1) is 14.1. The Morgan fingerprint density at radius 2 is 1.90 bits per heavy atom. The molecule has 0 radical (unpaired) electrons. The third-order valence-corrected chi connectivity index (χ3v) is 3.97. The fourth-order valence-corrected chi connectivity index (χ4v) is 2.70. The maximum atomic E-state index is 12.5. The van der Waals surface area contributed by atoms with Gasteiger partial charge >= 0.3 is 6.36 Å². The molecule has 0 bridgehead atoms. The Labute approximate surface area is 172 Å². The molecule has 0 atom stereocenters. The lowest BCUT2D eigenvalue weighted by Gasteiger charge is -2.12. The van der Waals surface area contributed by atoms with E-state index in [1.807, 2.05) is 0 Å². The third kappa shape index (κ3) is 5.26. The van der Waals surface area contributed by atoms with Gasteiger partial charge in [-0.1, -0.05) is 23.7 Å². The monoisotopic (exact) mass is 439 g/mol. The molecule has 0 aliphatic heterocycles. The van der Waals surface area contributed by atoms with Gasteiger partial charge in [-0.05, 0) is 24.3 Å². The molecule has 0 saturated carbocycles. The molecule has 3 aromatic rings. The van der Waals surface area contributed by atoms with Crippen LogP contribution < -0.4 is 15.4 Å². The van der Waals surface area contributed by atoms with Crippen molar-refractivity contribution in [1.29, 1.82) is 0 Å². The number of anilines is 3. The molecular formula is C18H13ClF3N5O3. The predicted molar refractivity (Wildman–Crippen MR) is 105 cm³/mol. The summed E-state index contributed by atoms with van der Waals surface area (Å²) in [6.07, 6.45) is -4.83. The number of nitrogens with zero attached hydrogens (tertiary/aromatic N) is 3. The number of alkyl halides is 3. The Hall–Kier alpha value is -3.60. The zero-order valence-electron chi connectivity index (χ0n) is 15.2. The van der Waals surface area contributed by atoms with Crippen LogP contribution in [0, 0.1) is 10.1 Å². The first-order valence-electron chi connectivity index (χ1n) is 8.28. The summed E-state index contributed by atoms with van der Waals surface area (Å²) in [6, 6.07) is 10.7. The normalized spacial score (nSPS) is 11.1. The number of halogens is 4. The van der Waals surface area contributed by atoms with E-state index in [1.54, 1.807) is 7.05 Å². The standard InChI is InChI=1S/C18H13ClF3N5O3/c1-23-17-25-13(10-3-2-4-12(7-10)30-18(20,21)22)9-16(26-17)24-14-8-11(19)5-6-15(14)27(28)29/h2-9H,1H3,(H2,23,24,25,26). The maximum Gasteiger partial charge on any atom is 0.573 e. The van der Waals surface area contributed by atoms with Crippen LogP contribution in [0.5, 0.6) is 5.75 Å². The van der Waals surface area contributed by atoms with Crippen LogP contribution in [-0.4, -0.2) is 28.3 Å².